The molecule has 3 nitrogen and oxygen atoms in total. The van der Waals surface area contributed by atoms with E-state index >= 15 is 0 Å². The summed E-state index contributed by atoms with van der Waals surface area (Å²) in [6, 6.07) is 0. The van der Waals surface area contributed by atoms with Gasteiger partial charge in [0.2, 0.25) is 0 Å². The molecule has 0 unspecified atom stereocenters. The van der Waals surface area contributed by atoms with Crippen molar-refractivity contribution < 1.29 is 30.5 Å². The number of hydrogen-bond acceptors (Lipinski definition) is 2. The van der Waals surface area contributed by atoms with Gasteiger partial charge in [-0.2, -0.15) is 26.0 Å². The summed E-state index contributed by atoms with van der Waals surface area (Å²) < 4.78 is 75.8. The molecule has 0 aliphatic heterocycles. The van der Waals surface area contributed by atoms with E-state index in [1.807, 2.05) is 0 Å². The van der Waals surface area contributed by atoms with Crippen LogP contribution in [0.3, 0.4) is 0 Å². The van der Waals surface area contributed by atoms with Crippen molar-refractivity contribution in [1.82, 2.24) is 0 Å². The summed E-state index contributed by atoms with van der Waals surface area (Å²) >= 11 is 0. The highest BCUT2D eigenvalue weighted by Gasteiger charge is 2.64. The minimum Gasteiger partial charge on any atom is -0.281 e. The summed E-state index contributed by atoms with van der Waals surface area (Å²) in [6.45, 7) is 0.680. The van der Waals surface area contributed by atoms with Gasteiger partial charge in [-0.05, 0) is 0 Å². The Morgan fingerprint density at radius 2 is 1.58 bits per heavy atom. The molecule has 12 heavy (non-hydrogen) atoms. The van der Waals surface area contributed by atoms with E-state index in [1.54, 1.807) is 0 Å². The topological polar surface area (TPSA) is 54.4 Å². The molecular formula is C4H6F4O3S. The molecule has 0 fully saturated rings. The normalized spacial score (nSPS) is 14.8. The van der Waals surface area contributed by atoms with Gasteiger partial charge in [0, 0.05) is 6.42 Å². The highest BCUT2D eigenvalue weighted by atomic mass is 32.2. The Morgan fingerprint density at radius 3 is 1.67 bits per heavy atom. The third-order valence-electron chi connectivity index (χ3n) is 1.19. The number of hydrogen-bond donors (Lipinski definition) is 1. The van der Waals surface area contributed by atoms with Crippen LogP contribution in [0, 0.1) is 0 Å². The van der Waals surface area contributed by atoms with Crippen LogP contribution in [0.1, 0.15) is 13.3 Å². The molecule has 74 valence electrons. The molecule has 0 aliphatic carbocycles. The number of rotatable bonds is 3. The molecule has 0 bridgehead atoms. The first kappa shape index (κ1) is 11.6. The van der Waals surface area contributed by atoms with Gasteiger partial charge in [0.1, 0.15) is 0 Å². The fourth-order valence-corrected chi connectivity index (χ4v) is 0.916. The highest BCUT2D eigenvalue weighted by molar-refractivity contribution is 7.87. The van der Waals surface area contributed by atoms with E-state index in [9.17, 15) is 26.0 Å². The smallest absolute Gasteiger partial charge is 0.281 e. The minimum atomic E-state index is -6.06. The Morgan fingerprint density at radius 1 is 1.25 bits per heavy atom. The molecule has 0 saturated heterocycles. The first-order valence-corrected chi connectivity index (χ1v) is 4.23. The van der Waals surface area contributed by atoms with Crippen LogP contribution in [0.4, 0.5) is 17.6 Å². The lowest BCUT2D eigenvalue weighted by Gasteiger charge is -2.21. The van der Waals surface area contributed by atoms with Crippen LogP contribution in [-0.2, 0) is 10.1 Å². The van der Waals surface area contributed by atoms with Crippen molar-refractivity contribution in [3.63, 3.8) is 0 Å². The van der Waals surface area contributed by atoms with Crippen LogP contribution in [0.5, 0.6) is 0 Å². The second kappa shape index (κ2) is 2.84. The third-order valence-corrected chi connectivity index (χ3v) is 2.14. The van der Waals surface area contributed by atoms with E-state index in [0.29, 0.717) is 6.92 Å². The van der Waals surface area contributed by atoms with Gasteiger partial charge < -0.3 is 0 Å². The lowest BCUT2D eigenvalue weighted by atomic mass is 10.3. The van der Waals surface area contributed by atoms with Gasteiger partial charge in [-0.15, -0.1) is 0 Å². The summed E-state index contributed by atoms with van der Waals surface area (Å²) in [5.74, 6) is -4.75. The summed E-state index contributed by atoms with van der Waals surface area (Å²) in [6.07, 6.45) is -1.38. The standard InChI is InChI=1S/C4H6F4O3S/c1-2-3(5,6)4(7,8)12(9,10)11/h2H2,1H3,(H,9,10,11). The zero-order valence-electron chi connectivity index (χ0n) is 5.89. The Kier molecular flexibility index (Phi) is 2.75. The lowest BCUT2D eigenvalue weighted by molar-refractivity contribution is -0.161. The van der Waals surface area contributed by atoms with Gasteiger partial charge in [-0.1, -0.05) is 6.92 Å². The third kappa shape index (κ3) is 1.69. The molecule has 0 aromatic rings. The second-order valence-corrected chi connectivity index (χ2v) is 3.51. The van der Waals surface area contributed by atoms with Crippen LogP contribution in [0.25, 0.3) is 0 Å². The van der Waals surface area contributed by atoms with E-state index in [1.165, 1.54) is 0 Å². The van der Waals surface area contributed by atoms with E-state index < -0.39 is 27.7 Å². The van der Waals surface area contributed by atoms with Crippen molar-refractivity contribution in [2.75, 3.05) is 0 Å². The van der Waals surface area contributed by atoms with Crippen molar-refractivity contribution in [2.45, 2.75) is 24.5 Å². The van der Waals surface area contributed by atoms with Gasteiger partial charge in [0.15, 0.2) is 0 Å². The minimum absolute atomic E-state index is 0.680. The van der Waals surface area contributed by atoms with E-state index in [2.05, 4.69) is 0 Å². The Hall–Kier alpha value is -0.370. The van der Waals surface area contributed by atoms with Crippen LogP contribution < -0.4 is 0 Å². The van der Waals surface area contributed by atoms with Crippen molar-refractivity contribution in [3.05, 3.63) is 0 Å². The molecule has 0 aliphatic rings. The van der Waals surface area contributed by atoms with Crippen LogP contribution in [-0.4, -0.2) is 24.1 Å². The molecule has 0 heterocycles. The molecule has 0 aromatic carbocycles. The molecule has 0 amide bonds. The molecular weight excluding hydrogens is 204 g/mol. The maximum atomic E-state index is 12.1. The molecule has 1 N–H and O–H groups in total. The lowest BCUT2D eigenvalue weighted by Crippen LogP contribution is -2.46. The predicted octanol–water partition coefficient (Wildman–Crippen LogP) is 1.51. The average molecular weight is 210 g/mol. The Balaban J connectivity index is 5.13. The maximum absolute atomic E-state index is 12.1. The molecule has 0 atom stereocenters. The Labute approximate surface area is 66.1 Å². The van der Waals surface area contributed by atoms with Gasteiger partial charge >= 0.3 is 21.3 Å². The van der Waals surface area contributed by atoms with Crippen LogP contribution in [0.2, 0.25) is 0 Å². The van der Waals surface area contributed by atoms with Crippen molar-refractivity contribution in [2.24, 2.45) is 0 Å². The largest absolute Gasteiger partial charge is 0.431 e. The van der Waals surface area contributed by atoms with Gasteiger partial charge in [0.05, 0.1) is 0 Å². The van der Waals surface area contributed by atoms with Gasteiger partial charge in [-0.3, -0.25) is 4.55 Å². The summed E-state index contributed by atoms with van der Waals surface area (Å²) in [5.41, 5.74) is 0. The maximum Gasteiger partial charge on any atom is 0.431 e. The summed E-state index contributed by atoms with van der Waals surface area (Å²) in [5, 5.41) is -5.42. The van der Waals surface area contributed by atoms with Crippen molar-refractivity contribution >= 4 is 10.1 Å². The Bertz CT molecular complexity index is 257. The predicted molar refractivity (Wildman–Crippen MR) is 31.7 cm³/mol. The molecule has 0 rings (SSSR count). The average Bonchev–Trinajstić information content (AvgIpc) is 1.85. The SMILES string of the molecule is CCC(F)(F)C(F)(F)S(=O)(=O)O. The fraction of sp³-hybridized carbons (Fsp3) is 1.00. The molecule has 8 heteroatoms. The molecule has 0 spiro atoms. The monoisotopic (exact) mass is 210 g/mol. The number of halogens is 4. The second-order valence-electron chi connectivity index (χ2n) is 2.05. The van der Waals surface area contributed by atoms with Gasteiger partial charge in [0.25, 0.3) is 0 Å². The molecule has 0 saturated carbocycles. The zero-order valence-corrected chi connectivity index (χ0v) is 6.71. The van der Waals surface area contributed by atoms with Gasteiger partial charge in [-0.25, -0.2) is 0 Å². The van der Waals surface area contributed by atoms with E-state index in [0.717, 1.165) is 0 Å². The van der Waals surface area contributed by atoms with Crippen molar-refractivity contribution in [3.8, 4) is 0 Å². The molecule has 0 aromatic heterocycles. The zero-order chi connectivity index (χ0) is 10.2. The first-order valence-electron chi connectivity index (χ1n) is 2.79. The summed E-state index contributed by atoms with van der Waals surface area (Å²) in [4.78, 5) is 0. The molecule has 0 radical (unpaired) electrons. The first-order chi connectivity index (χ1) is 5.06. The number of alkyl halides is 4. The van der Waals surface area contributed by atoms with E-state index in [4.69, 9.17) is 4.55 Å². The summed E-state index contributed by atoms with van der Waals surface area (Å²) in [7, 11) is -6.06. The highest BCUT2D eigenvalue weighted by Crippen LogP contribution is 2.40. The fourth-order valence-electron chi connectivity index (χ4n) is 0.394. The van der Waals surface area contributed by atoms with Crippen LogP contribution in [0.15, 0.2) is 0 Å². The van der Waals surface area contributed by atoms with E-state index in [-0.39, 0.29) is 0 Å². The van der Waals surface area contributed by atoms with Crippen molar-refractivity contribution in [1.29, 1.82) is 0 Å². The van der Waals surface area contributed by atoms with Crippen LogP contribution >= 0.6 is 0 Å². The quantitative estimate of drug-likeness (QED) is 0.567.